The van der Waals surface area contributed by atoms with Crippen molar-refractivity contribution in [3.8, 4) is 0 Å². The minimum atomic E-state index is -1.27. The van der Waals surface area contributed by atoms with Gasteiger partial charge < -0.3 is 51.3 Å². The number of nitrogen functional groups attached to an aromatic ring is 2. The SMILES string of the molecule is CCOC(=O)Nc1cc(CO)cc(CC)c1C(=O)OC.CCc1cc(CO)cc(N)c1C(=O)O.CCc1cc(CO)cc(N)c1C(=O)[O-].[Na+]. The fourth-order valence-corrected chi connectivity index (χ4v) is 4.70. The van der Waals surface area contributed by atoms with E-state index in [0.29, 0.717) is 52.6 Å². The molecule has 3 rings (SSSR count). The average Bonchev–Trinajstić information content (AvgIpc) is 3.06. The van der Waals surface area contributed by atoms with Gasteiger partial charge in [-0.2, -0.15) is 0 Å². The first-order valence-corrected chi connectivity index (χ1v) is 15.0. The minimum absolute atomic E-state index is 0. The first kappa shape index (κ1) is 44.8. The van der Waals surface area contributed by atoms with Gasteiger partial charge in [0.05, 0.1) is 56.3 Å². The molecule has 0 aromatic heterocycles. The van der Waals surface area contributed by atoms with E-state index in [9.17, 15) is 29.4 Å². The van der Waals surface area contributed by atoms with Gasteiger partial charge in [0.15, 0.2) is 0 Å². The molecule has 0 aliphatic rings. The number of hydrogen-bond acceptors (Lipinski definition) is 12. The normalized spacial score (nSPS) is 9.88. The van der Waals surface area contributed by atoms with Crippen LogP contribution in [0.3, 0.4) is 0 Å². The molecule has 49 heavy (non-hydrogen) atoms. The van der Waals surface area contributed by atoms with Gasteiger partial charge in [-0.25, -0.2) is 14.4 Å². The van der Waals surface area contributed by atoms with Crippen molar-refractivity contribution in [3.05, 3.63) is 86.5 Å². The van der Waals surface area contributed by atoms with Crippen LogP contribution in [0.2, 0.25) is 0 Å². The van der Waals surface area contributed by atoms with E-state index in [2.05, 4.69) is 5.32 Å². The summed E-state index contributed by atoms with van der Waals surface area (Å²) in [5.41, 5.74) is 16.0. The number of nitrogens with one attached hydrogen (secondary N) is 1. The Morgan fingerprint density at radius 3 is 1.49 bits per heavy atom. The number of aromatic carboxylic acids is 2. The Labute approximate surface area is 307 Å². The monoisotopic (exact) mass is 693 g/mol. The molecule has 0 radical (unpaired) electrons. The van der Waals surface area contributed by atoms with E-state index in [4.69, 9.17) is 36.3 Å². The number of amides is 1. The van der Waals surface area contributed by atoms with Crippen molar-refractivity contribution < 1.29 is 83.7 Å². The molecule has 0 fully saturated rings. The fraction of sp³-hybridized carbons (Fsp3) is 0.353. The number of carboxylic acid groups (broad SMARTS) is 2. The third kappa shape index (κ3) is 13.0. The number of nitrogens with two attached hydrogens (primary N) is 2. The zero-order valence-electron chi connectivity index (χ0n) is 28.7. The summed E-state index contributed by atoms with van der Waals surface area (Å²) in [6, 6.07) is 9.47. The molecule has 15 heteroatoms. The summed E-state index contributed by atoms with van der Waals surface area (Å²) in [4.78, 5) is 45.0. The van der Waals surface area contributed by atoms with Crippen LogP contribution in [0, 0.1) is 0 Å². The number of hydrogen-bond donors (Lipinski definition) is 7. The molecule has 0 atom stereocenters. The molecule has 0 bridgehead atoms. The number of carboxylic acids is 2. The summed E-state index contributed by atoms with van der Waals surface area (Å²) in [5.74, 6) is -2.84. The molecule has 1 amide bonds. The summed E-state index contributed by atoms with van der Waals surface area (Å²) in [5, 5.41) is 49.2. The number of ether oxygens (including phenoxy) is 2. The van der Waals surface area contributed by atoms with Gasteiger partial charge in [-0.1, -0.05) is 39.0 Å². The van der Waals surface area contributed by atoms with Crippen molar-refractivity contribution in [2.75, 3.05) is 30.5 Å². The topological polar surface area (TPSA) is 255 Å². The molecule has 3 aromatic carbocycles. The van der Waals surface area contributed by atoms with Crippen molar-refractivity contribution in [1.82, 2.24) is 0 Å². The summed E-state index contributed by atoms with van der Waals surface area (Å²) >= 11 is 0. The predicted molar refractivity (Wildman–Crippen MR) is 177 cm³/mol. The molecule has 0 spiro atoms. The van der Waals surface area contributed by atoms with Crippen molar-refractivity contribution >= 4 is 41.1 Å². The Balaban J connectivity index is 0.000000715. The van der Waals surface area contributed by atoms with Crippen molar-refractivity contribution in [1.29, 1.82) is 0 Å². The maximum Gasteiger partial charge on any atom is 1.00 e. The standard InChI is InChI=1S/C14H19NO5.2C10H13NO3.Na/c1-4-10-6-9(8-16)7-11(12(10)13(17)19-3)15-14(18)20-5-2;2*1-2-7-3-6(5-12)4-8(11)9(7)10(13)14;/h6-7,16H,4-5,8H2,1-3H3,(H,15,18);2*3-4,12H,2,5,11H2,1H3,(H,13,14);/q;;;+1/p-1. The molecule has 9 N–H and O–H groups in total. The molecule has 14 nitrogen and oxygen atoms in total. The third-order valence-electron chi connectivity index (χ3n) is 6.91. The predicted octanol–water partition coefficient (Wildman–Crippen LogP) is -0.191. The van der Waals surface area contributed by atoms with Crippen LogP contribution in [0.15, 0.2) is 36.4 Å². The number of methoxy groups -OCH3 is 1. The molecule has 0 saturated carbocycles. The van der Waals surface area contributed by atoms with E-state index in [1.165, 1.54) is 25.3 Å². The fourth-order valence-electron chi connectivity index (χ4n) is 4.70. The number of esters is 1. The van der Waals surface area contributed by atoms with E-state index < -0.39 is 24.0 Å². The Kier molecular flexibility index (Phi) is 20.5. The van der Waals surface area contributed by atoms with Crippen molar-refractivity contribution in [2.45, 2.75) is 66.8 Å². The van der Waals surface area contributed by atoms with Gasteiger partial charge in [-0.15, -0.1) is 0 Å². The smallest absolute Gasteiger partial charge is 0.545 e. The molecule has 0 saturated heterocycles. The van der Waals surface area contributed by atoms with E-state index in [-0.39, 0.29) is 89.7 Å². The third-order valence-corrected chi connectivity index (χ3v) is 6.91. The van der Waals surface area contributed by atoms with Crippen molar-refractivity contribution in [2.24, 2.45) is 0 Å². The van der Waals surface area contributed by atoms with Gasteiger partial charge in [0.1, 0.15) is 0 Å². The maximum absolute atomic E-state index is 11.9. The summed E-state index contributed by atoms with van der Waals surface area (Å²) < 4.78 is 9.54. The van der Waals surface area contributed by atoms with Crippen LogP contribution in [-0.4, -0.2) is 58.1 Å². The average molecular weight is 694 g/mol. The first-order chi connectivity index (χ1) is 22.8. The Hall–Kier alpha value is -4.18. The van der Waals surface area contributed by atoms with Crippen LogP contribution in [0.4, 0.5) is 21.9 Å². The quantitative estimate of drug-likeness (QED) is 0.0782. The largest absolute Gasteiger partial charge is 1.00 e. The zero-order valence-corrected chi connectivity index (χ0v) is 30.7. The molecule has 0 unspecified atom stereocenters. The zero-order chi connectivity index (χ0) is 36.6. The van der Waals surface area contributed by atoms with Gasteiger partial charge in [-0.3, -0.25) is 5.32 Å². The molecule has 0 aliphatic carbocycles. The van der Waals surface area contributed by atoms with Crippen LogP contribution in [0.25, 0.3) is 0 Å². The number of aliphatic hydroxyl groups is 3. The number of aryl methyl sites for hydroxylation is 3. The second kappa shape index (κ2) is 22.5. The van der Waals surface area contributed by atoms with Gasteiger partial charge in [0, 0.05) is 16.9 Å². The van der Waals surface area contributed by atoms with Crippen LogP contribution in [0.5, 0.6) is 0 Å². The van der Waals surface area contributed by atoms with Crippen LogP contribution >= 0.6 is 0 Å². The van der Waals surface area contributed by atoms with Gasteiger partial charge in [0.25, 0.3) is 0 Å². The van der Waals surface area contributed by atoms with Gasteiger partial charge in [-0.05, 0) is 77.8 Å². The second-order valence-corrected chi connectivity index (χ2v) is 10.1. The molecular formula is C34H44N3NaO11. The van der Waals surface area contributed by atoms with Crippen LogP contribution < -0.4 is 51.4 Å². The van der Waals surface area contributed by atoms with Gasteiger partial charge in [0.2, 0.25) is 0 Å². The molecular weight excluding hydrogens is 649 g/mol. The van der Waals surface area contributed by atoms with Gasteiger partial charge >= 0.3 is 47.6 Å². The number of benzene rings is 3. The van der Waals surface area contributed by atoms with Crippen LogP contribution in [-0.2, 0) is 48.6 Å². The van der Waals surface area contributed by atoms with E-state index in [0.717, 1.165) is 0 Å². The van der Waals surface area contributed by atoms with E-state index in [1.807, 2.05) is 20.8 Å². The Bertz CT molecular complexity index is 1520. The summed E-state index contributed by atoms with van der Waals surface area (Å²) in [6.07, 6.45) is 1.03. The number of anilines is 3. The maximum atomic E-state index is 11.9. The first-order valence-electron chi connectivity index (χ1n) is 15.0. The van der Waals surface area contributed by atoms with Crippen LogP contribution in [0.1, 0.15) is 92.1 Å². The Morgan fingerprint density at radius 1 is 0.714 bits per heavy atom. The van der Waals surface area contributed by atoms with Crippen molar-refractivity contribution in [3.63, 3.8) is 0 Å². The second-order valence-electron chi connectivity index (χ2n) is 10.1. The number of aliphatic hydroxyl groups excluding tert-OH is 3. The molecule has 0 heterocycles. The van der Waals surface area contributed by atoms with E-state index >= 15 is 0 Å². The Morgan fingerprint density at radius 2 is 1.12 bits per heavy atom. The number of carbonyl (C=O) groups excluding carboxylic acids is 3. The molecule has 3 aromatic rings. The number of carbonyl (C=O) groups is 4. The minimum Gasteiger partial charge on any atom is -0.545 e. The summed E-state index contributed by atoms with van der Waals surface area (Å²) in [7, 11) is 1.27. The molecule has 262 valence electrons. The summed E-state index contributed by atoms with van der Waals surface area (Å²) in [6.45, 7) is 6.98. The number of rotatable bonds is 11. The molecule has 0 aliphatic heterocycles. The van der Waals surface area contributed by atoms with E-state index in [1.54, 1.807) is 25.1 Å².